The van der Waals surface area contributed by atoms with Crippen LogP contribution in [0.25, 0.3) is 0 Å². The van der Waals surface area contributed by atoms with E-state index in [-0.39, 0.29) is 5.54 Å². The van der Waals surface area contributed by atoms with Crippen molar-refractivity contribution < 1.29 is 0 Å². The van der Waals surface area contributed by atoms with Gasteiger partial charge in [-0.05, 0) is 13.0 Å². The van der Waals surface area contributed by atoms with E-state index in [2.05, 4.69) is 10.3 Å². The number of halogens is 3. The van der Waals surface area contributed by atoms with Crippen LogP contribution in [0, 0.1) is 0 Å². The van der Waals surface area contributed by atoms with Crippen molar-refractivity contribution in [1.29, 1.82) is 0 Å². The van der Waals surface area contributed by atoms with Gasteiger partial charge in [0.15, 0.2) is 0 Å². The van der Waals surface area contributed by atoms with Gasteiger partial charge in [-0.25, -0.2) is 0 Å². The van der Waals surface area contributed by atoms with E-state index in [1.54, 1.807) is 18.5 Å². The van der Waals surface area contributed by atoms with Crippen LogP contribution in [0.15, 0.2) is 18.5 Å². The van der Waals surface area contributed by atoms with Gasteiger partial charge in [0.2, 0.25) is 0 Å². The molecule has 0 atom stereocenters. The molecule has 78 valence electrons. The zero-order chi connectivity index (χ0) is 10.6. The molecule has 0 fully saturated rings. The van der Waals surface area contributed by atoms with Crippen LogP contribution in [0.2, 0.25) is 5.02 Å². The summed E-state index contributed by atoms with van der Waals surface area (Å²) in [6.45, 7) is 1.93. The first kappa shape index (κ1) is 11.9. The molecule has 0 unspecified atom stereocenters. The quantitative estimate of drug-likeness (QED) is 0.832. The average molecular weight is 254 g/mol. The highest BCUT2D eigenvalue weighted by Crippen LogP contribution is 2.24. The standard InChI is InChI=1S/C9H11Cl3N2/c1-9(5-10,6-11)14-8-2-3-13-4-7(8)12/h2-4H,5-6H2,1H3,(H,13,14). The fraction of sp³-hybridized carbons (Fsp3) is 0.444. The van der Waals surface area contributed by atoms with E-state index in [4.69, 9.17) is 34.8 Å². The lowest BCUT2D eigenvalue weighted by Crippen LogP contribution is -2.38. The molecule has 0 spiro atoms. The van der Waals surface area contributed by atoms with Gasteiger partial charge in [0.05, 0.1) is 16.2 Å². The lowest BCUT2D eigenvalue weighted by Gasteiger charge is -2.27. The Morgan fingerprint density at radius 1 is 1.43 bits per heavy atom. The molecule has 1 aromatic rings. The summed E-state index contributed by atoms with van der Waals surface area (Å²) in [6.07, 6.45) is 3.24. The van der Waals surface area contributed by atoms with Crippen LogP contribution in [0.1, 0.15) is 6.92 Å². The van der Waals surface area contributed by atoms with E-state index in [1.165, 1.54) is 0 Å². The van der Waals surface area contributed by atoms with Crippen LogP contribution in [-0.4, -0.2) is 22.3 Å². The summed E-state index contributed by atoms with van der Waals surface area (Å²) >= 11 is 17.5. The largest absolute Gasteiger partial charge is 0.376 e. The molecule has 0 saturated carbocycles. The van der Waals surface area contributed by atoms with Crippen LogP contribution in [0.3, 0.4) is 0 Å². The third-order valence-corrected chi connectivity index (χ3v) is 3.28. The molecule has 5 heteroatoms. The van der Waals surface area contributed by atoms with E-state index in [1.807, 2.05) is 6.92 Å². The Balaban J connectivity index is 2.82. The molecule has 2 nitrogen and oxygen atoms in total. The molecule has 0 aromatic carbocycles. The maximum atomic E-state index is 5.93. The highest BCUT2D eigenvalue weighted by atomic mass is 35.5. The van der Waals surface area contributed by atoms with Gasteiger partial charge in [0.1, 0.15) is 0 Å². The molecular formula is C9H11Cl3N2. The van der Waals surface area contributed by atoms with E-state index in [9.17, 15) is 0 Å². The number of pyridine rings is 1. The zero-order valence-corrected chi connectivity index (χ0v) is 10.00. The molecule has 0 aliphatic heterocycles. The van der Waals surface area contributed by atoms with Gasteiger partial charge in [-0.15, -0.1) is 23.2 Å². The number of anilines is 1. The number of alkyl halides is 2. The molecule has 0 saturated heterocycles. The van der Waals surface area contributed by atoms with Crippen molar-refractivity contribution in [2.75, 3.05) is 17.1 Å². The molecule has 1 heterocycles. The number of hydrogen-bond donors (Lipinski definition) is 1. The van der Waals surface area contributed by atoms with E-state index >= 15 is 0 Å². The predicted octanol–water partition coefficient (Wildman–Crippen LogP) is 3.38. The Hall–Kier alpha value is -0.180. The monoisotopic (exact) mass is 252 g/mol. The fourth-order valence-corrected chi connectivity index (χ4v) is 1.49. The molecule has 1 rings (SSSR count). The Morgan fingerprint density at radius 2 is 2.07 bits per heavy atom. The number of rotatable bonds is 4. The van der Waals surface area contributed by atoms with E-state index < -0.39 is 0 Å². The van der Waals surface area contributed by atoms with Crippen LogP contribution in [-0.2, 0) is 0 Å². The minimum Gasteiger partial charge on any atom is -0.376 e. The smallest absolute Gasteiger partial charge is 0.0820 e. The highest BCUT2D eigenvalue weighted by Gasteiger charge is 2.22. The van der Waals surface area contributed by atoms with Gasteiger partial charge >= 0.3 is 0 Å². The Bertz CT molecular complexity index is 300. The lowest BCUT2D eigenvalue weighted by molar-refractivity contribution is 0.649. The second-order valence-corrected chi connectivity index (χ2v) is 4.25. The van der Waals surface area contributed by atoms with Gasteiger partial charge in [-0.3, -0.25) is 4.98 Å². The second-order valence-electron chi connectivity index (χ2n) is 3.31. The number of nitrogens with zero attached hydrogens (tertiary/aromatic N) is 1. The topological polar surface area (TPSA) is 24.9 Å². The number of aromatic nitrogens is 1. The maximum Gasteiger partial charge on any atom is 0.0820 e. The number of hydrogen-bond acceptors (Lipinski definition) is 2. The molecular weight excluding hydrogens is 242 g/mol. The molecule has 0 radical (unpaired) electrons. The van der Waals surface area contributed by atoms with Crippen molar-refractivity contribution in [1.82, 2.24) is 4.98 Å². The summed E-state index contributed by atoms with van der Waals surface area (Å²) in [7, 11) is 0. The number of nitrogens with one attached hydrogen (secondary N) is 1. The summed E-state index contributed by atoms with van der Waals surface area (Å²) in [5.41, 5.74) is 0.444. The first-order valence-electron chi connectivity index (χ1n) is 4.11. The molecule has 0 aliphatic carbocycles. The average Bonchev–Trinajstić information content (AvgIpc) is 2.21. The van der Waals surface area contributed by atoms with E-state index in [0.29, 0.717) is 16.8 Å². The van der Waals surface area contributed by atoms with Gasteiger partial charge in [-0.1, -0.05) is 11.6 Å². The van der Waals surface area contributed by atoms with Gasteiger partial charge < -0.3 is 5.32 Å². The Kier molecular flexibility index (Phi) is 4.30. The van der Waals surface area contributed by atoms with Crippen LogP contribution >= 0.6 is 34.8 Å². The van der Waals surface area contributed by atoms with Crippen molar-refractivity contribution in [2.24, 2.45) is 0 Å². The first-order valence-corrected chi connectivity index (χ1v) is 5.55. The summed E-state index contributed by atoms with van der Waals surface area (Å²) < 4.78 is 0. The van der Waals surface area contributed by atoms with Crippen LogP contribution < -0.4 is 5.32 Å². The van der Waals surface area contributed by atoms with E-state index in [0.717, 1.165) is 5.69 Å². The summed E-state index contributed by atoms with van der Waals surface area (Å²) in [4.78, 5) is 3.89. The Labute approximate surface area is 98.6 Å². The summed E-state index contributed by atoms with van der Waals surface area (Å²) in [6, 6.07) is 1.79. The third kappa shape index (κ3) is 2.91. The molecule has 0 aliphatic rings. The molecule has 0 amide bonds. The predicted molar refractivity (Wildman–Crippen MR) is 62.7 cm³/mol. The fourth-order valence-electron chi connectivity index (χ4n) is 0.904. The van der Waals surface area contributed by atoms with Crippen LogP contribution in [0.5, 0.6) is 0 Å². The van der Waals surface area contributed by atoms with Crippen molar-refractivity contribution in [3.05, 3.63) is 23.5 Å². The molecule has 1 aromatic heterocycles. The summed E-state index contributed by atoms with van der Waals surface area (Å²) in [5.74, 6) is 0.824. The SMILES string of the molecule is CC(CCl)(CCl)Nc1ccncc1Cl. The normalized spacial score (nSPS) is 11.4. The van der Waals surface area contributed by atoms with Gasteiger partial charge in [0, 0.05) is 24.2 Å². The summed E-state index contributed by atoms with van der Waals surface area (Å²) in [5, 5.41) is 3.75. The zero-order valence-electron chi connectivity index (χ0n) is 7.73. The van der Waals surface area contributed by atoms with Gasteiger partial charge in [0.25, 0.3) is 0 Å². The lowest BCUT2D eigenvalue weighted by atomic mass is 10.1. The Morgan fingerprint density at radius 3 is 2.57 bits per heavy atom. The highest BCUT2D eigenvalue weighted by molar-refractivity contribution is 6.33. The molecule has 1 N–H and O–H groups in total. The van der Waals surface area contributed by atoms with Crippen LogP contribution in [0.4, 0.5) is 5.69 Å². The van der Waals surface area contributed by atoms with Crippen molar-refractivity contribution in [2.45, 2.75) is 12.5 Å². The minimum absolute atomic E-state index is 0.353. The maximum absolute atomic E-state index is 5.93. The van der Waals surface area contributed by atoms with Gasteiger partial charge in [-0.2, -0.15) is 0 Å². The molecule has 14 heavy (non-hydrogen) atoms. The minimum atomic E-state index is -0.353. The van der Waals surface area contributed by atoms with Crippen molar-refractivity contribution >= 4 is 40.5 Å². The first-order chi connectivity index (χ1) is 6.61. The third-order valence-electron chi connectivity index (χ3n) is 1.80. The van der Waals surface area contributed by atoms with Crippen molar-refractivity contribution in [3.8, 4) is 0 Å². The van der Waals surface area contributed by atoms with Crippen molar-refractivity contribution in [3.63, 3.8) is 0 Å². The second kappa shape index (κ2) is 5.06. The molecule has 0 bridgehead atoms.